The van der Waals surface area contributed by atoms with Crippen molar-refractivity contribution in [2.45, 2.75) is 0 Å². The van der Waals surface area contributed by atoms with E-state index in [1.807, 2.05) is 0 Å². The van der Waals surface area contributed by atoms with Crippen LogP contribution in [0, 0.1) is 15.9 Å². The van der Waals surface area contributed by atoms with Crippen molar-refractivity contribution in [1.82, 2.24) is 4.98 Å². The molecule has 0 aliphatic rings. The van der Waals surface area contributed by atoms with E-state index >= 15 is 0 Å². The zero-order valence-corrected chi connectivity index (χ0v) is 9.82. The highest BCUT2D eigenvalue weighted by Crippen LogP contribution is 2.24. The van der Waals surface area contributed by atoms with E-state index in [1.54, 1.807) is 0 Å². The summed E-state index contributed by atoms with van der Waals surface area (Å²) in [4.78, 5) is 24.3. The monoisotopic (exact) mass is 278 g/mol. The lowest BCUT2D eigenvalue weighted by Crippen LogP contribution is -2.00. The van der Waals surface area contributed by atoms with Gasteiger partial charge in [0.05, 0.1) is 16.6 Å². The van der Waals surface area contributed by atoms with Gasteiger partial charge in [0.15, 0.2) is 0 Å². The van der Waals surface area contributed by atoms with Gasteiger partial charge in [-0.05, 0) is 12.1 Å². The van der Waals surface area contributed by atoms with Crippen LogP contribution in [0.1, 0.15) is 10.4 Å². The van der Waals surface area contributed by atoms with Crippen LogP contribution in [0.25, 0.3) is 0 Å². The van der Waals surface area contributed by atoms with E-state index in [-0.39, 0.29) is 17.3 Å². The molecular weight excluding hydrogens is 271 g/mol. The zero-order valence-electron chi connectivity index (χ0n) is 9.82. The number of pyridine rings is 1. The number of hydrogen-bond donors (Lipinski definition) is 1. The molecule has 7 nitrogen and oxygen atoms in total. The topological polar surface area (TPSA) is 103 Å². The van der Waals surface area contributed by atoms with Crippen LogP contribution in [-0.2, 0) is 0 Å². The molecule has 20 heavy (non-hydrogen) atoms. The molecule has 0 atom stereocenters. The molecule has 2 aromatic rings. The number of benzene rings is 1. The van der Waals surface area contributed by atoms with Crippen molar-refractivity contribution in [3.63, 3.8) is 0 Å². The number of rotatable bonds is 4. The van der Waals surface area contributed by atoms with Crippen LogP contribution < -0.4 is 4.74 Å². The summed E-state index contributed by atoms with van der Waals surface area (Å²) < 4.78 is 18.6. The lowest BCUT2D eigenvalue weighted by molar-refractivity contribution is -0.385. The Morgan fingerprint density at radius 3 is 2.70 bits per heavy atom. The van der Waals surface area contributed by atoms with Gasteiger partial charge in [0, 0.05) is 18.3 Å². The molecule has 0 saturated heterocycles. The standard InChI is InChI=1S/C12H7FN2O5/c13-10-6-8(1-2-9(10)12(16)17)20-11-5-7(15(18)19)3-4-14-11/h1-6H,(H,16,17). The molecule has 0 spiro atoms. The number of aromatic nitrogens is 1. The molecule has 1 heterocycles. The van der Waals surface area contributed by atoms with Crippen molar-refractivity contribution in [3.8, 4) is 11.6 Å². The lowest BCUT2D eigenvalue weighted by Gasteiger charge is -2.05. The third kappa shape index (κ3) is 2.86. The molecule has 0 saturated carbocycles. The summed E-state index contributed by atoms with van der Waals surface area (Å²) in [5, 5.41) is 19.3. The van der Waals surface area contributed by atoms with Gasteiger partial charge in [0.1, 0.15) is 11.6 Å². The van der Waals surface area contributed by atoms with Crippen LogP contribution in [0.3, 0.4) is 0 Å². The Hall–Kier alpha value is -3.03. The Labute approximate surface area is 111 Å². The fraction of sp³-hybridized carbons (Fsp3) is 0. The molecule has 2 rings (SSSR count). The maximum absolute atomic E-state index is 13.4. The second-order valence-electron chi connectivity index (χ2n) is 3.66. The SMILES string of the molecule is O=C(O)c1ccc(Oc2cc([N+](=O)[O-])ccn2)cc1F. The second-order valence-corrected chi connectivity index (χ2v) is 3.66. The number of carbonyl (C=O) groups is 1. The van der Waals surface area contributed by atoms with E-state index in [0.29, 0.717) is 0 Å². The Morgan fingerprint density at radius 2 is 2.10 bits per heavy atom. The Morgan fingerprint density at radius 1 is 1.35 bits per heavy atom. The number of carboxylic acid groups (broad SMARTS) is 1. The van der Waals surface area contributed by atoms with E-state index in [2.05, 4.69) is 4.98 Å². The van der Waals surface area contributed by atoms with Gasteiger partial charge < -0.3 is 9.84 Å². The first kappa shape index (κ1) is 13.4. The lowest BCUT2D eigenvalue weighted by atomic mass is 10.2. The van der Waals surface area contributed by atoms with Gasteiger partial charge in [-0.25, -0.2) is 14.2 Å². The number of hydrogen-bond acceptors (Lipinski definition) is 5. The smallest absolute Gasteiger partial charge is 0.338 e. The summed E-state index contributed by atoms with van der Waals surface area (Å²) in [6.45, 7) is 0. The van der Waals surface area contributed by atoms with Crippen LogP contribution in [0.2, 0.25) is 0 Å². The molecule has 0 amide bonds. The summed E-state index contributed by atoms with van der Waals surface area (Å²) in [5.74, 6) is -2.48. The van der Waals surface area contributed by atoms with Gasteiger partial charge in [-0.15, -0.1) is 0 Å². The first-order valence-electron chi connectivity index (χ1n) is 5.28. The number of ether oxygens (including phenoxy) is 1. The van der Waals surface area contributed by atoms with E-state index < -0.39 is 22.3 Å². The highest BCUT2D eigenvalue weighted by molar-refractivity contribution is 5.88. The molecule has 0 aliphatic heterocycles. The van der Waals surface area contributed by atoms with Crippen LogP contribution in [0.15, 0.2) is 36.5 Å². The molecule has 1 aromatic carbocycles. The van der Waals surface area contributed by atoms with Gasteiger partial charge in [0.25, 0.3) is 5.69 Å². The molecule has 0 fully saturated rings. The van der Waals surface area contributed by atoms with Crippen LogP contribution in [0.5, 0.6) is 11.6 Å². The van der Waals surface area contributed by atoms with Crippen molar-refractivity contribution in [2.75, 3.05) is 0 Å². The van der Waals surface area contributed by atoms with Crippen LogP contribution >= 0.6 is 0 Å². The molecular formula is C12H7FN2O5. The van der Waals surface area contributed by atoms with Crippen molar-refractivity contribution in [1.29, 1.82) is 0 Å². The summed E-state index contributed by atoms with van der Waals surface area (Å²) in [6, 6.07) is 5.38. The van der Waals surface area contributed by atoms with Gasteiger partial charge in [-0.3, -0.25) is 10.1 Å². The van der Waals surface area contributed by atoms with Crippen LogP contribution in [-0.4, -0.2) is 21.0 Å². The predicted octanol–water partition coefficient (Wildman–Crippen LogP) is 2.62. The Kier molecular flexibility index (Phi) is 3.56. The van der Waals surface area contributed by atoms with E-state index in [0.717, 1.165) is 18.2 Å². The normalized spacial score (nSPS) is 10.1. The molecule has 102 valence electrons. The number of nitro groups is 1. The minimum absolute atomic E-state index is 0.0134. The Bertz CT molecular complexity index is 689. The summed E-state index contributed by atoms with van der Waals surface area (Å²) in [7, 11) is 0. The molecule has 8 heteroatoms. The summed E-state index contributed by atoms with van der Waals surface area (Å²) in [6.07, 6.45) is 1.18. The average Bonchev–Trinajstić information content (AvgIpc) is 2.38. The highest BCUT2D eigenvalue weighted by atomic mass is 19.1. The number of carboxylic acids is 1. The molecule has 0 aliphatic carbocycles. The molecule has 0 bridgehead atoms. The molecule has 1 N–H and O–H groups in total. The predicted molar refractivity (Wildman–Crippen MR) is 64.3 cm³/mol. The van der Waals surface area contributed by atoms with Gasteiger partial charge >= 0.3 is 5.97 Å². The fourth-order valence-corrected chi connectivity index (χ4v) is 1.42. The van der Waals surface area contributed by atoms with E-state index in [1.165, 1.54) is 18.3 Å². The van der Waals surface area contributed by atoms with Crippen LogP contribution in [0.4, 0.5) is 10.1 Å². The highest BCUT2D eigenvalue weighted by Gasteiger charge is 2.13. The summed E-state index contributed by atoms with van der Waals surface area (Å²) in [5.41, 5.74) is -0.720. The zero-order chi connectivity index (χ0) is 14.7. The van der Waals surface area contributed by atoms with Gasteiger partial charge in [-0.2, -0.15) is 0 Å². The molecule has 1 aromatic heterocycles. The minimum atomic E-state index is -1.40. The number of nitrogens with zero attached hydrogens (tertiary/aromatic N) is 2. The first-order valence-corrected chi connectivity index (χ1v) is 5.28. The first-order chi connectivity index (χ1) is 9.47. The van der Waals surface area contributed by atoms with Crippen molar-refractivity contribution in [3.05, 3.63) is 58.0 Å². The van der Waals surface area contributed by atoms with Crippen molar-refractivity contribution < 1.29 is 24.0 Å². The quantitative estimate of drug-likeness (QED) is 0.681. The maximum Gasteiger partial charge on any atom is 0.338 e. The van der Waals surface area contributed by atoms with E-state index in [9.17, 15) is 19.3 Å². The second kappa shape index (κ2) is 5.31. The number of aromatic carboxylic acids is 1. The number of halogens is 1. The van der Waals surface area contributed by atoms with Crippen molar-refractivity contribution in [2.24, 2.45) is 0 Å². The van der Waals surface area contributed by atoms with Gasteiger partial charge in [0.2, 0.25) is 5.88 Å². The van der Waals surface area contributed by atoms with Gasteiger partial charge in [-0.1, -0.05) is 0 Å². The van der Waals surface area contributed by atoms with E-state index in [4.69, 9.17) is 9.84 Å². The molecule has 0 radical (unpaired) electrons. The minimum Gasteiger partial charge on any atom is -0.478 e. The largest absolute Gasteiger partial charge is 0.478 e. The maximum atomic E-state index is 13.4. The van der Waals surface area contributed by atoms with Crippen molar-refractivity contribution >= 4 is 11.7 Å². The third-order valence-corrected chi connectivity index (χ3v) is 2.32. The molecule has 0 unspecified atom stereocenters. The average molecular weight is 278 g/mol. The third-order valence-electron chi connectivity index (χ3n) is 2.32. The summed E-state index contributed by atoms with van der Waals surface area (Å²) >= 11 is 0. The fourth-order valence-electron chi connectivity index (χ4n) is 1.42. The Balaban J connectivity index is 2.26.